The smallest absolute Gasteiger partial charge is 0.175 e. The van der Waals surface area contributed by atoms with E-state index in [1.54, 1.807) is 0 Å². The van der Waals surface area contributed by atoms with Crippen LogP contribution in [0.3, 0.4) is 0 Å². The van der Waals surface area contributed by atoms with E-state index in [4.69, 9.17) is 9.97 Å². The predicted molar refractivity (Wildman–Crippen MR) is 136 cm³/mol. The minimum absolute atomic E-state index is 0.639. The molecule has 0 saturated carbocycles. The molecule has 6 nitrogen and oxygen atoms in total. The highest BCUT2D eigenvalue weighted by Crippen LogP contribution is 2.38. The lowest BCUT2D eigenvalue weighted by molar-refractivity contribution is 0.270. The Morgan fingerprint density at radius 2 is 1.70 bits per heavy atom. The highest BCUT2D eigenvalue weighted by atomic mass is 32.1. The van der Waals surface area contributed by atoms with Crippen LogP contribution >= 0.6 is 11.3 Å². The average Bonchev–Trinajstić information content (AvgIpc) is 3.26. The maximum absolute atomic E-state index is 9.99. The van der Waals surface area contributed by atoms with Gasteiger partial charge in [0.1, 0.15) is 11.1 Å². The summed E-state index contributed by atoms with van der Waals surface area (Å²) in [6.45, 7) is 9.14. The molecule has 166 valence electrons. The van der Waals surface area contributed by atoms with Gasteiger partial charge in [-0.1, -0.05) is 48.9 Å². The van der Waals surface area contributed by atoms with Gasteiger partial charge < -0.3 is 15.1 Å². The molecule has 0 bridgehead atoms. The molecule has 2 aromatic heterocycles. The summed E-state index contributed by atoms with van der Waals surface area (Å²) in [4.78, 5) is 14.6. The highest BCUT2D eigenvalue weighted by molar-refractivity contribution is 7.15. The molecule has 7 heteroatoms. The summed E-state index contributed by atoms with van der Waals surface area (Å²) in [6, 6.07) is 18.6. The van der Waals surface area contributed by atoms with Crippen LogP contribution in [0.5, 0.6) is 0 Å². The summed E-state index contributed by atoms with van der Waals surface area (Å²) in [7, 11) is 0. The van der Waals surface area contributed by atoms with Crippen LogP contribution in [-0.2, 0) is 0 Å². The van der Waals surface area contributed by atoms with Gasteiger partial charge in [-0.2, -0.15) is 5.26 Å². The minimum Gasteiger partial charge on any atom is -0.351 e. The second-order valence-corrected chi connectivity index (χ2v) is 9.14. The molecule has 0 unspecified atom stereocenters. The van der Waals surface area contributed by atoms with E-state index in [0.717, 1.165) is 65.7 Å². The van der Waals surface area contributed by atoms with Crippen LogP contribution in [-0.4, -0.2) is 47.6 Å². The molecule has 2 aromatic carbocycles. The largest absolute Gasteiger partial charge is 0.351 e. The fourth-order valence-electron chi connectivity index (χ4n) is 4.18. The highest BCUT2D eigenvalue weighted by Gasteiger charge is 2.23. The summed E-state index contributed by atoms with van der Waals surface area (Å²) >= 11 is 1.53. The number of anilines is 3. The molecule has 5 rings (SSSR count). The predicted octanol–water partition coefficient (Wildman–Crippen LogP) is 5.42. The van der Waals surface area contributed by atoms with E-state index < -0.39 is 0 Å². The lowest BCUT2D eigenvalue weighted by Gasteiger charge is -2.35. The normalized spacial score (nSPS) is 14.4. The molecule has 0 atom stereocenters. The molecule has 1 N–H and O–H groups in total. The molecule has 1 aliphatic heterocycles. The number of likely N-dealkylation sites (N-methyl/N-ethyl adjacent to an activating group) is 1. The Kier molecular flexibility index (Phi) is 5.95. The molecule has 1 aliphatic rings. The van der Waals surface area contributed by atoms with E-state index in [0.29, 0.717) is 11.4 Å². The number of aromatic nitrogens is 2. The second kappa shape index (κ2) is 9.18. The van der Waals surface area contributed by atoms with Gasteiger partial charge in [0, 0.05) is 37.1 Å². The quantitative estimate of drug-likeness (QED) is 0.434. The van der Waals surface area contributed by atoms with E-state index >= 15 is 0 Å². The number of benzene rings is 2. The first-order chi connectivity index (χ1) is 16.2. The number of aryl methyl sites for hydroxylation is 1. The molecule has 3 heterocycles. The SMILES string of the molecule is CCN1CCN(c2nc3ccccc3nc2Nc2scc(-c3ccc(C)cc3)c2C#N)CC1. The Hall–Kier alpha value is -3.47. The molecule has 1 saturated heterocycles. The Bertz CT molecular complexity index is 1310. The maximum Gasteiger partial charge on any atom is 0.175 e. The average molecular weight is 455 g/mol. The molecular weight excluding hydrogens is 428 g/mol. The van der Waals surface area contributed by atoms with Crippen LogP contribution < -0.4 is 10.2 Å². The van der Waals surface area contributed by atoms with Gasteiger partial charge in [-0.3, -0.25) is 0 Å². The van der Waals surface area contributed by atoms with Crippen molar-refractivity contribution in [3.05, 3.63) is 65.0 Å². The standard InChI is InChI=1S/C26H26N6S/c1-3-31-12-14-32(15-13-31)25-24(28-22-6-4-5-7-23(22)29-25)30-26-20(16-27)21(17-33-26)19-10-8-18(2)9-11-19/h4-11,17H,3,12-15H2,1-2H3,(H,28,30). The Balaban J connectivity index is 1.53. The number of piperazine rings is 1. The Labute approximate surface area is 198 Å². The van der Waals surface area contributed by atoms with Crippen molar-refractivity contribution in [1.82, 2.24) is 14.9 Å². The van der Waals surface area contributed by atoms with Crippen molar-refractivity contribution < 1.29 is 0 Å². The van der Waals surface area contributed by atoms with Gasteiger partial charge in [0.2, 0.25) is 0 Å². The van der Waals surface area contributed by atoms with Crippen molar-refractivity contribution in [2.75, 3.05) is 42.9 Å². The number of nitrogens with one attached hydrogen (secondary N) is 1. The summed E-state index contributed by atoms with van der Waals surface area (Å²) < 4.78 is 0. The first-order valence-corrected chi connectivity index (χ1v) is 12.1. The van der Waals surface area contributed by atoms with Crippen LogP contribution in [0, 0.1) is 18.3 Å². The van der Waals surface area contributed by atoms with Crippen LogP contribution in [0.1, 0.15) is 18.1 Å². The minimum atomic E-state index is 0.639. The van der Waals surface area contributed by atoms with Gasteiger partial charge in [-0.15, -0.1) is 11.3 Å². The Morgan fingerprint density at radius 3 is 2.36 bits per heavy atom. The van der Waals surface area contributed by atoms with Crippen LogP contribution in [0.25, 0.3) is 22.2 Å². The van der Waals surface area contributed by atoms with Crippen molar-refractivity contribution in [3.8, 4) is 17.2 Å². The first-order valence-electron chi connectivity index (χ1n) is 11.3. The van der Waals surface area contributed by atoms with Gasteiger partial charge in [-0.25, -0.2) is 9.97 Å². The third kappa shape index (κ3) is 4.28. The van der Waals surface area contributed by atoms with Crippen LogP contribution in [0.4, 0.5) is 16.6 Å². The van der Waals surface area contributed by atoms with Crippen molar-refractivity contribution in [2.45, 2.75) is 13.8 Å². The van der Waals surface area contributed by atoms with Gasteiger partial charge >= 0.3 is 0 Å². The van der Waals surface area contributed by atoms with E-state index in [-0.39, 0.29) is 0 Å². The molecular formula is C26H26N6S. The molecule has 0 radical (unpaired) electrons. The lowest BCUT2D eigenvalue weighted by atomic mass is 10.0. The van der Waals surface area contributed by atoms with Crippen LogP contribution in [0.2, 0.25) is 0 Å². The molecule has 0 spiro atoms. The third-order valence-electron chi connectivity index (χ3n) is 6.17. The zero-order chi connectivity index (χ0) is 22.8. The zero-order valence-corrected chi connectivity index (χ0v) is 19.7. The van der Waals surface area contributed by atoms with Gasteiger partial charge in [0.05, 0.1) is 16.6 Å². The van der Waals surface area contributed by atoms with Crippen molar-refractivity contribution >= 4 is 39.0 Å². The fraction of sp³-hybridized carbons (Fsp3) is 0.269. The van der Waals surface area contributed by atoms with Gasteiger partial charge in [0.15, 0.2) is 11.6 Å². The number of nitrogens with zero attached hydrogens (tertiary/aromatic N) is 5. The molecule has 33 heavy (non-hydrogen) atoms. The summed E-state index contributed by atoms with van der Waals surface area (Å²) in [6.07, 6.45) is 0. The topological polar surface area (TPSA) is 68.1 Å². The molecule has 0 amide bonds. The zero-order valence-electron chi connectivity index (χ0n) is 18.9. The number of hydrogen-bond acceptors (Lipinski definition) is 7. The van der Waals surface area contributed by atoms with E-state index in [2.05, 4.69) is 59.3 Å². The van der Waals surface area contributed by atoms with E-state index in [1.165, 1.54) is 16.9 Å². The maximum atomic E-state index is 9.99. The Morgan fingerprint density at radius 1 is 1.00 bits per heavy atom. The van der Waals surface area contributed by atoms with Crippen molar-refractivity contribution in [2.24, 2.45) is 0 Å². The fourth-order valence-corrected chi connectivity index (χ4v) is 5.10. The van der Waals surface area contributed by atoms with Crippen LogP contribution in [0.15, 0.2) is 53.9 Å². The second-order valence-electron chi connectivity index (χ2n) is 8.26. The van der Waals surface area contributed by atoms with Gasteiger partial charge in [-0.05, 0) is 31.2 Å². The van der Waals surface area contributed by atoms with Crippen molar-refractivity contribution in [1.29, 1.82) is 5.26 Å². The summed E-state index contributed by atoms with van der Waals surface area (Å²) in [5, 5.41) is 16.3. The third-order valence-corrected chi connectivity index (χ3v) is 7.06. The van der Waals surface area contributed by atoms with Gasteiger partial charge in [0.25, 0.3) is 0 Å². The molecule has 0 aliphatic carbocycles. The number of para-hydroxylation sites is 2. The van der Waals surface area contributed by atoms with Crippen molar-refractivity contribution in [3.63, 3.8) is 0 Å². The summed E-state index contributed by atoms with van der Waals surface area (Å²) in [5.74, 6) is 1.55. The number of thiophene rings is 1. The molecule has 4 aromatic rings. The number of rotatable bonds is 5. The monoisotopic (exact) mass is 454 g/mol. The number of nitriles is 1. The van der Waals surface area contributed by atoms with E-state index in [9.17, 15) is 5.26 Å². The molecule has 1 fully saturated rings. The first kappa shape index (κ1) is 21.4. The van der Waals surface area contributed by atoms with E-state index in [1.807, 2.05) is 29.6 Å². The number of hydrogen-bond donors (Lipinski definition) is 1. The number of fused-ring (bicyclic) bond motifs is 1. The summed E-state index contributed by atoms with van der Waals surface area (Å²) in [5.41, 5.74) is 5.54. The lowest BCUT2D eigenvalue weighted by Crippen LogP contribution is -2.46.